The summed E-state index contributed by atoms with van der Waals surface area (Å²) in [6.07, 6.45) is -3.01. The predicted octanol–water partition coefficient (Wildman–Crippen LogP) is 0.439. The van der Waals surface area contributed by atoms with Crippen molar-refractivity contribution in [1.29, 1.82) is 0 Å². The third-order valence-corrected chi connectivity index (χ3v) is 3.56. The van der Waals surface area contributed by atoms with E-state index >= 15 is 0 Å². The second-order valence-electron chi connectivity index (χ2n) is 5.27. The van der Waals surface area contributed by atoms with Crippen molar-refractivity contribution in [2.45, 2.75) is 25.7 Å². The Bertz CT molecular complexity index is 613. The van der Waals surface area contributed by atoms with Gasteiger partial charge in [0.25, 0.3) is 5.91 Å². The number of morpholine rings is 1. The summed E-state index contributed by atoms with van der Waals surface area (Å²) < 4.78 is 15.1. The summed E-state index contributed by atoms with van der Waals surface area (Å²) in [6.45, 7) is 1.87. The standard InChI is InChI=1S/C16H19NO7/c1-10(18)24-14(16(20)21)13-15(19)17(7-8-23-13)9-11-3-5-12(22-2)6-4-11/h3-6,13-14H,7-9H2,1-2H3,(H,20,21). The van der Waals surface area contributed by atoms with Crippen LogP contribution in [0.3, 0.4) is 0 Å². The lowest BCUT2D eigenvalue weighted by atomic mass is 10.1. The van der Waals surface area contributed by atoms with E-state index in [1.165, 1.54) is 4.90 Å². The Morgan fingerprint density at radius 3 is 2.58 bits per heavy atom. The first-order valence-electron chi connectivity index (χ1n) is 7.35. The van der Waals surface area contributed by atoms with E-state index in [0.717, 1.165) is 12.5 Å². The van der Waals surface area contributed by atoms with Crippen molar-refractivity contribution in [3.05, 3.63) is 29.8 Å². The number of rotatable bonds is 6. The normalized spacial score (nSPS) is 18.8. The van der Waals surface area contributed by atoms with E-state index in [2.05, 4.69) is 0 Å². The number of ether oxygens (including phenoxy) is 3. The van der Waals surface area contributed by atoms with E-state index in [9.17, 15) is 19.5 Å². The van der Waals surface area contributed by atoms with Gasteiger partial charge < -0.3 is 24.2 Å². The molecule has 1 aromatic rings. The first-order valence-corrected chi connectivity index (χ1v) is 7.35. The molecule has 0 bridgehead atoms. The molecule has 0 radical (unpaired) electrons. The Kier molecular flexibility index (Phi) is 5.75. The number of carbonyl (C=O) groups excluding carboxylic acids is 2. The van der Waals surface area contributed by atoms with Gasteiger partial charge in [0, 0.05) is 20.0 Å². The van der Waals surface area contributed by atoms with Gasteiger partial charge in [-0.1, -0.05) is 12.1 Å². The first kappa shape index (κ1) is 17.7. The highest BCUT2D eigenvalue weighted by atomic mass is 16.6. The molecule has 8 nitrogen and oxygen atoms in total. The molecule has 1 fully saturated rings. The molecule has 1 aliphatic heterocycles. The van der Waals surface area contributed by atoms with Gasteiger partial charge in [-0.15, -0.1) is 0 Å². The number of hydrogen-bond acceptors (Lipinski definition) is 6. The Morgan fingerprint density at radius 2 is 2.04 bits per heavy atom. The lowest BCUT2D eigenvalue weighted by Crippen LogP contribution is -2.55. The maximum atomic E-state index is 12.5. The zero-order valence-electron chi connectivity index (χ0n) is 13.4. The van der Waals surface area contributed by atoms with Gasteiger partial charge in [-0.05, 0) is 17.7 Å². The van der Waals surface area contributed by atoms with Crippen LogP contribution < -0.4 is 4.74 Å². The number of carbonyl (C=O) groups is 3. The molecule has 1 saturated heterocycles. The summed E-state index contributed by atoms with van der Waals surface area (Å²) in [4.78, 5) is 36.3. The minimum absolute atomic E-state index is 0.164. The van der Waals surface area contributed by atoms with Crippen molar-refractivity contribution in [2.75, 3.05) is 20.3 Å². The average molecular weight is 337 g/mol. The number of aliphatic carboxylic acids is 1. The highest BCUT2D eigenvalue weighted by Gasteiger charge is 2.42. The molecule has 130 valence electrons. The van der Waals surface area contributed by atoms with Crippen molar-refractivity contribution in [3.63, 3.8) is 0 Å². The van der Waals surface area contributed by atoms with Crippen LogP contribution in [-0.4, -0.2) is 60.3 Å². The van der Waals surface area contributed by atoms with Gasteiger partial charge in [-0.25, -0.2) is 4.79 Å². The smallest absolute Gasteiger partial charge is 0.348 e. The fourth-order valence-electron chi connectivity index (χ4n) is 2.40. The van der Waals surface area contributed by atoms with E-state index in [0.29, 0.717) is 18.8 Å². The van der Waals surface area contributed by atoms with Gasteiger partial charge in [0.1, 0.15) is 5.75 Å². The van der Waals surface area contributed by atoms with E-state index in [4.69, 9.17) is 14.2 Å². The Morgan fingerprint density at radius 1 is 1.38 bits per heavy atom. The molecule has 0 saturated carbocycles. The molecule has 2 unspecified atom stereocenters. The molecule has 1 aliphatic rings. The second-order valence-corrected chi connectivity index (χ2v) is 5.27. The first-order chi connectivity index (χ1) is 11.4. The third-order valence-electron chi connectivity index (χ3n) is 3.56. The zero-order valence-corrected chi connectivity index (χ0v) is 13.4. The van der Waals surface area contributed by atoms with Gasteiger partial charge in [0.15, 0.2) is 6.10 Å². The van der Waals surface area contributed by atoms with Gasteiger partial charge in [0.2, 0.25) is 6.10 Å². The number of benzene rings is 1. The van der Waals surface area contributed by atoms with E-state index in [1.807, 2.05) is 12.1 Å². The fourth-order valence-corrected chi connectivity index (χ4v) is 2.40. The summed E-state index contributed by atoms with van der Waals surface area (Å²) in [5, 5.41) is 9.18. The topological polar surface area (TPSA) is 102 Å². The second kappa shape index (κ2) is 7.78. The number of esters is 1. The molecule has 1 N–H and O–H groups in total. The fraction of sp³-hybridized carbons (Fsp3) is 0.438. The Balaban J connectivity index is 2.10. The van der Waals surface area contributed by atoms with Crippen LogP contribution in [-0.2, 0) is 30.4 Å². The molecule has 0 spiro atoms. The highest BCUT2D eigenvalue weighted by Crippen LogP contribution is 2.18. The number of amides is 1. The van der Waals surface area contributed by atoms with Crippen LogP contribution in [0, 0.1) is 0 Å². The average Bonchev–Trinajstić information content (AvgIpc) is 2.55. The molecule has 1 amide bonds. The van der Waals surface area contributed by atoms with Crippen molar-refractivity contribution >= 4 is 17.8 Å². The summed E-state index contributed by atoms with van der Waals surface area (Å²) in [5.74, 6) is -2.03. The molecular formula is C16H19NO7. The van der Waals surface area contributed by atoms with Crippen molar-refractivity contribution < 1.29 is 33.7 Å². The third kappa shape index (κ3) is 4.23. The van der Waals surface area contributed by atoms with Crippen LogP contribution >= 0.6 is 0 Å². The lowest BCUT2D eigenvalue weighted by Gasteiger charge is -2.34. The monoisotopic (exact) mass is 337 g/mol. The predicted molar refractivity (Wildman–Crippen MR) is 81.3 cm³/mol. The van der Waals surface area contributed by atoms with Crippen molar-refractivity contribution in [1.82, 2.24) is 4.90 Å². The SMILES string of the molecule is COc1ccc(CN2CCOC(C(OC(C)=O)C(=O)O)C2=O)cc1. The molecule has 0 aromatic heterocycles. The van der Waals surface area contributed by atoms with Crippen molar-refractivity contribution in [3.8, 4) is 5.75 Å². The van der Waals surface area contributed by atoms with E-state index in [1.54, 1.807) is 19.2 Å². The highest BCUT2D eigenvalue weighted by molar-refractivity contribution is 5.89. The molecule has 1 heterocycles. The van der Waals surface area contributed by atoms with E-state index in [-0.39, 0.29) is 6.61 Å². The molecule has 0 aliphatic carbocycles. The van der Waals surface area contributed by atoms with Gasteiger partial charge in [-0.3, -0.25) is 9.59 Å². The molecule has 1 aromatic carbocycles. The largest absolute Gasteiger partial charge is 0.497 e. The van der Waals surface area contributed by atoms with E-state index < -0.39 is 30.1 Å². The van der Waals surface area contributed by atoms with Crippen LogP contribution in [0.2, 0.25) is 0 Å². The minimum atomic E-state index is -1.66. The lowest BCUT2D eigenvalue weighted by molar-refractivity contribution is -0.185. The van der Waals surface area contributed by atoms with Crippen LogP contribution in [0.25, 0.3) is 0 Å². The molecule has 8 heteroatoms. The van der Waals surface area contributed by atoms with Gasteiger partial charge in [0.05, 0.1) is 13.7 Å². The number of hydrogen-bond donors (Lipinski definition) is 1. The molecular weight excluding hydrogens is 318 g/mol. The molecule has 2 rings (SSSR count). The quantitative estimate of drug-likeness (QED) is 0.751. The number of carboxylic acids is 1. The van der Waals surface area contributed by atoms with Crippen LogP contribution in [0.15, 0.2) is 24.3 Å². The Labute approximate surface area is 138 Å². The molecule has 24 heavy (non-hydrogen) atoms. The number of carboxylic acid groups (broad SMARTS) is 1. The number of nitrogens with zero attached hydrogens (tertiary/aromatic N) is 1. The van der Waals surface area contributed by atoms with Crippen molar-refractivity contribution in [2.24, 2.45) is 0 Å². The summed E-state index contributed by atoms with van der Waals surface area (Å²) >= 11 is 0. The maximum Gasteiger partial charge on any atom is 0.348 e. The van der Waals surface area contributed by atoms with Gasteiger partial charge >= 0.3 is 11.9 Å². The summed E-state index contributed by atoms with van der Waals surface area (Å²) in [5.41, 5.74) is 0.865. The summed E-state index contributed by atoms with van der Waals surface area (Å²) in [7, 11) is 1.56. The Hall–Kier alpha value is -2.61. The zero-order chi connectivity index (χ0) is 17.7. The van der Waals surface area contributed by atoms with Crippen LogP contribution in [0.4, 0.5) is 0 Å². The van der Waals surface area contributed by atoms with Crippen LogP contribution in [0.1, 0.15) is 12.5 Å². The number of methoxy groups -OCH3 is 1. The molecule has 2 atom stereocenters. The summed E-state index contributed by atoms with van der Waals surface area (Å²) in [6, 6.07) is 7.18. The maximum absolute atomic E-state index is 12.5. The minimum Gasteiger partial charge on any atom is -0.497 e. The van der Waals surface area contributed by atoms with Crippen LogP contribution in [0.5, 0.6) is 5.75 Å². The van der Waals surface area contributed by atoms with Gasteiger partial charge in [-0.2, -0.15) is 0 Å².